The van der Waals surface area contributed by atoms with Crippen molar-refractivity contribution in [2.24, 2.45) is 0 Å². The van der Waals surface area contributed by atoms with Crippen molar-refractivity contribution in [3.8, 4) is 0 Å². The van der Waals surface area contributed by atoms with Crippen molar-refractivity contribution in [3.05, 3.63) is 24.0 Å². The Morgan fingerprint density at radius 3 is 2.93 bits per heavy atom. The van der Waals surface area contributed by atoms with Crippen LogP contribution < -0.4 is 0 Å². The molecule has 0 aromatic carbocycles. The van der Waals surface area contributed by atoms with Crippen LogP contribution in [0.4, 0.5) is 0 Å². The van der Waals surface area contributed by atoms with Crippen LogP contribution in [-0.4, -0.2) is 23.9 Å². The molecule has 2 atom stereocenters. The Hall–Kier alpha value is -0.0700. The quantitative estimate of drug-likeness (QED) is 0.764. The summed E-state index contributed by atoms with van der Waals surface area (Å²) in [5.74, 6) is 0.864. The molecule has 1 aliphatic carbocycles. The molecule has 0 heterocycles. The number of allylic oxidation sites excluding steroid dienone is 3. The first-order valence-corrected chi connectivity index (χ1v) is 6.05. The van der Waals surface area contributed by atoms with Gasteiger partial charge in [-0.3, -0.25) is 0 Å². The van der Waals surface area contributed by atoms with Gasteiger partial charge in [0.2, 0.25) is 0 Å². The maximum absolute atomic E-state index is 9.62. The van der Waals surface area contributed by atoms with Crippen LogP contribution in [0.5, 0.6) is 0 Å². The third-order valence-corrected chi connectivity index (χ3v) is 3.03. The Morgan fingerprint density at radius 1 is 1.53 bits per heavy atom. The lowest BCUT2D eigenvalue weighted by Crippen LogP contribution is -2.20. The highest BCUT2D eigenvalue weighted by Crippen LogP contribution is 2.12. The van der Waals surface area contributed by atoms with Crippen LogP contribution in [0.1, 0.15) is 26.2 Å². The third-order valence-electron chi connectivity index (χ3n) is 2.16. The lowest BCUT2D eigenvalue weighted by molar-refractivity contribution is 0.0500. The summed E-state index contributed by atoms with van der Waals surface area (Å²) >= 11 is 1.84. The Morgan fingerprint density at radius 2 is 2.33 bits per heavy atom. The molecule has 0 aromatic rings. The fourth-order valence-electron chi connectivity index (χ4n) is 1.38. The van der Waals surface area contributed by atoms with E-state index in [4.69, 9.17) is 7.80 Å². The van der Waals surface area contributed by atoms with Crippen LogP contribution in [0, 0.1) is 0 Å². The highest BCUT2D eigenvalue weighted by Gasteiger charge is 2.11. The third kappa shape index (κ3) is 5.53. The van der Waals surface area contributed by atoms with E-state index in [9.17, 15) is 5.11 Å². The molecule has 0 fully saturated rings. The van der Waals surface area contributed by atoms with Crippen molar-refractivity contribution in [1.82, 2.24) is 0 Å². The number of aliphatic hydroxyl groups excluding tert-OH is 1. The lowest BCUT2D eigenvalue weighted by atomic mass is 10.1. The molecule has 0 radical (unpaired) electrons. The van der Waals surface area contributed by atoms with Crippen molar-refractivity contribution in [2.45, 2.75) is 38.4 Å². The molecule has 0 spiro atoms. The minimum absolute atomic E-state index is 0.0556. The van der Waals surface area contributed by atoms with Crippen LogP contribution in [-0.2, 0) is 7.80 Å². The van der Waals surface area contributed by atoms with Crippen molar-refractivity contribution in [2.75, 3.05) is 6.61 Å². The van der Waals surface area contributed by atoms with Gasteiger partial charge in [0.05, 0.1) is 12.2 Å². The minimum atomic E-state index is -0.467. The van der Waals surface area contributed by atoms with Gasteiger partial charge in [-0.05, 0) is 31.9 Å². The summed E-state index contributed by atoms with van der Waals surface area (Å²) in [4.78, 5) is 0. The number of rotatable bonds is 6. The SMILES string of the molecule is CC(CC(O)COC1=CCCC=C1)OI. The first-order chi connectivity index (χ1) is 7.22. The van der Waals surface area contributed by atoms with E-state index in [-0.39, 0.29) is 6.10 Å². The second kappa shape index (κ2) is 7.24. The van der Waals surface area contributed by atoms with Crippen LogP contribution in [0.3, 0.4) is 0 Å². The monoisotopic (exact) mass is 324 g/mol. The molecule has 1 aliphatic rings. The van der Waals surface area contributed by atoms with E-state index in [1.54, 1.807) is 0 Å². The summed E-state index contributed by atoms with van der Waals surface area (Å²) in [6.07, 6.45) is 8.37. The van der Waals surface area contributed by atoms with E-state index < -0.39 is 6.10 Å². The van der Waals surface area contributed by atoms with Gasteiger partial charge in [0.25, 0.3) is 0 Å². The molecule has 0 amide bonds. The molecule has 0 saturated heterocycles. The number of aliphatic hydroxyl groups is 1. The Bertz CT molecular complexity index is 238. The van der Waals surface area contributed by atoms with Gasteiger partial charge in [-0.1, -0.05) is 6.08 Å². The zero-order valence-electron chi connectivity index (χ0n) is 8.86. The van der Waals surface area contributed by atoms with E-state index >= 15 is 0 Å². The second-order valence-electron chi connectivity index (χ2n) is 3.69. The van der Waals surface area contributed by atoms with Gasteiger partial charge in [-0.25, -0.2) is 0 Å². The molecule has 0 aliphatic heterocycles. The summed E-state index contributed by atoms with van der Waals surface area (Å²) in [6.45, 7) is 2.26. The normalized spacial score (nSPS) is 19.5. The van der Waals surface area contributed by atoms with Crippen LogP contribution in [0.25, 0.3) is 0 Å². The van der Waals surface area contributed by atoms with Crippen LogP contribution in [0.2, 0.25) is 0 Å². The predicted molar refractivity (Wildman–Crippen MR) is 67.6 cm³/mol. The standard InChI is InChI=1S/C11H17IO3/c1-9(15-12)7-10(13)8-14-11-5-3-2-4-6-11/h3,5-6,9-10,13H,2,4,7-8H2,1H3. The van der Waals surface area contributed by atoms with Gasteiger partial charge >= 0.3 is 0 Å². The van der Waals surface area contributed by atoms with Gasteiger partial charge in [0.15, 0.2) is 0 Å². The van der Waals surface area contributed by atoms with Gasteiger partial charge in [0, 0.05) is 6.42 Å². The molecular weight excluding hydrogens is 307 g/mol. The highest BCUT2D eigenvalue weighted by atomic mass is 127. The number of halogens is 1. The molecule has 0 aromatic heterocycles. The molecule has 4 heteroatoms. The Balaban J connectivity index is 2.18. The molecule has 3 nitrogen and oxygen atoms in total. The van der Waals surface area contributed by atoms with E-state index in [1.165, 1.54) is 0 Å². The summed E-state index contributed by atoms with van der Waals surface area (Å²) in [5, 5.41) is 9.62. The maximum Gasteiger partial charge on any atom is 0.115 e. The first kappa shape index (κ1) is 13.0. The highest BCUT2D eigenvalue weighted by molar-refractivity contribution is 14.1. The molecule has 0 saturated carbocycles. The number of ether oxygens (including phenoxy) is 1. The predicted octanol–water partition coefficient (Wildman–Crippen LogP) is 2.74. The van der Waals surface area contributed by atoms with Crippen LogP contribution in [0.15, 0.2) is 24.0 Å². The summed E-state index contributed by atoms with van der Waals surface area (Å²) in [6, 6.07) is 0. The Kier molecular flexibility index (Phi) is 6.28. The molecule has 2 unspecified atom stereocenters. The zero-order chi connectivity index (χ0) is 11.1. The maximum atomic E-state index is 9.62. The molecular formula is C11H17IO3. The average Bonchev–Trinajstić information content (AvgIpc) is 2.27. The molecule has 1 N–H and O–H groups in total. The van der Waals surface area contributed by atoms with Gasteiger partial charge < -0.3 is 12.9 Å². The average molecular weight is 324 g/mol. The lowest BCUT2D eigenvalue weighted by Gasteiger charge is -2.16. The van der Waals surface area contributed by atoms with E-state index in [0.29, 0.717) is 13.0 Å². The summed E-state index contributed by atoms with van der Waals surface area (Å²) < 4.78 is 10.5. The first-order valence-electron chi connectivity index (χ1n) is 5.17. The van der Waals surface area contributed by atoms with Gasteiger partial charge in [0.1, 0.15) is 35.4 Å². The molecule has 86 valence electrons. The van der Waals surface area contributed by atoms with E-state index in [2.05, 4.69) is 6.08 Å². The van der Waals surface area contributed by atoms with E-state index in [0.717, 1.165) is 18.6 Å². The molecule has 15 heavy (non-hydrogen) atoms. The van der Waals surface area contributed by atoms with Crippen molar-refractivity contribution in [3.63, 3.8) is 0 Å². The van der Waals surface area contributed by atoms with Gasteiger partial charge in [-0.15, -0.1) is 0 Å². The van der Waals surface area contributed by atoms with Crippen molar-refractivity contribution >= 4 is 23.0 Å². The zero-order valence-corrected chi connectivity index (χ0v) is 11.0. The van der Waals surface area contributed by atoms with Crippen molar-refractivity contribution < 1.29 is 12.9 Å². The van der Waals surface area contributed by atoms with Gasteiger partial charge in [-0.2, -0.15) is 0 Å². The largest absolute Gasteiger partial charge is 0.491 e. The Labute approximate surface area is 105 Å². The number of hydrogen-bond donors (Lipinski definition) is 1. The number of hydrogen-bond acceptors (Lipinski definition) is 3. The summed E-state index contributed by atoms with van der Waals surface area (Å²) in [5.41, 5.74) is 0. The topological polar surface area (TPSA) is 38.7 Å². The molecule has 1 rings (SSSR count). The fourth-order valence-corrected chi connectivity index (χ4v) is 1.58. The summed E-state index contributed by atoms with van der Waals surface area (Å²) in [7, 11) is 0. The van der Waals surface area contributed by atoms with Crippen molar-refractivity contribution in [1.29, 1.82) is 0 Å². The van der Waals surface area contributed by atoms with Crippen LogP contribution >= 0.6 is 23.0 Å². The fraction of sp³-hybridized carbons (Fsp3) is 0.636. The minimum Gasteiger partial charge on any atom is -0.491 e. The second-order valence-corrected chi connectivity index (χ2v) is 4.19. The molecule has 0 bridgehead atoms. The van der Waals surface area contributed by atoms with E-state index in [1.807, 2.05) is 42.1 Å². The smallest absolute Gasteiger partial charge is 0.115 e.